The standard InChI is InChI=1S/C10H7NO4/c12-8-5-3-4-11-7(5)2-1-6(8)9(13)10(14)15/h1-4,11-12H,(H,14,15). The van der Waals surface area contributed by atoms with Crippen LogP contribution in [0.2, 0.25) is 0 Å². The molecule has 0 saturated heterocycles. The van der Waals surface area contributed by atoms with Crippen molar-refractivity contribution in [3.8, 4) is 5.75 Å². The number of nitrogens with one attached hydrogen (secondary N) is 1. The number of carboxylic acids is 1. The fraction of sp³-hybridized carbons (Fsp3) is 0. The minimum Gasteiger partial charge on any atom is -0.506 e. The van der Waals surface area contributed by atoms with Crippen molar-refractivity contribution in [2.24, 2.45) is 0 Å². The number of aromatic hydroxyl groups is 1. The van der Waals surface area contributed by atoms with Crippen LogP contribution in [-0.2, 0) is 4.79 Å². The second kappa shape index (κ2) is 3.13. The van der Waals surface area contributed by atoms with Crippen LogP contribution in [0.3, 0.4) is 0 Å². The average molecular weight is 205 g/mol. The Kier molecular flexibility index (Phi) is 1.93. The predicted octanol–water partition coefficient (Wildman–Crippen LogP) is 1.14. The van der Waals surface area contributed by atoms with Gasteiger partial charge in [0.1, 0.15) is 5.75 Å². The van der Waals surface area contributed by atoms with Gasteiger partial charge in [-0.3, -0.25) is 4.79 Å². The number of carbonyl (C=O) groups is 2. The summed E-state index contributed by atoms with van der Waals surface area (Å²) >= 11 is 0. The molecule has 1 aromatic carbocycles. The van der Waals surface area contributed by atoms with E-state index in [1.165, 1.54) is 6.07 Å². The molecule has 0 fully saturated rings. The van der Waals surface area contributed by atoms with Crippen molar-refractivity contribution in [1.82, 2.24) is 4.98 Å². The second-order valence-electron chi connectivity index (χ2n) is 3.03. The third-order valence-electron chi connectivity index (χ3n) is 2.14. The molecule has 0 spiro atoms. The number of ketones is 1. The van der Waals surface area contributed by atoms with Gasteiger partial charge in [0, 0.05) is 17.1 Å². The Morgan fingerprint density at radius 1 is 1.20 bits per heavy atom. The lowest BCUT2D eigenvalue weighted by Crippen LogP contribution is -2.12. The van der Waals surface area contributed by atoms with Crippen LogP contribution in [0.1, 0.15) is 10.4 Å². The van der Waals surface area contributed by atoms with Gasteiger partial charge in [0.05, 0.1) is 5.56 Å². The largest absolute Gasteiger partial charge is 0.506 e. The SMILES string of the molecule is O=C(O)C(=O)c1ccc2[nH]ccc2c1O. The number of carboxylic acid groups (broad SMARTS) is 1. The van der Waals surface area contributed by atoms with Crippen LogP contribution in [0.25, 0.3) is 10.9 Å². The summed E-state index contributed by atoms with van der Waals surface area (Å²) in [7, 11) is 0. The molecule has 0 unspecified atom stereocenters. The van der Waals surface area contributed by atoms with Crippen LogP contribution in [0, 0.1) is 0 Å². The van der Waals surface area contributed by atoms with Crippen molar-refractivity contribution in [2.75, 3.05) is 0 Å². The van der Waals surface area contributed by atoms with Gasteiger partial charge in [-0.2, -0.15) is 0 Å². The monoisotopic (exact) mass is 205 g/mol. The van der Waals surface area contributed by atoms with Crippen LogP contribution in [-0.4, -0.2) is 26.9 Å². The van der Waals surface area contributed by atoms with E-state index in [9.17, 15) is 14.7 Å². The first-order valence-electron chi connectivity index (χ1n) is 4.18. The van der Waals surface area contributed by atoms with E-state index >= 15 is 0 Å². The van der Waals surface area contributed by atoms with E-state index in [-0.39, 0.29) is 11.3 Å². The molecule has 2 rings (SSSR count). The number of carbonyl (C=O) groups excluding carboxylic acids is 1. The Morgan fingerprint density at radius 2 is 1.93 bits per heavy atom. The molecular formula is C10H7NO4. The first kappa shape index (κ1) is 9.26. The average Bonchev–Trinajstić information content (AvgIpc) is 2.66. The molecule has 3 N–H and O–H groups in total. The summed E-state index contributed by atoms with van der Waals surface area (Å²) < 4.78 is 0. The van der Waals surface area contributed by atoms with Crippen LogP contribution < -0.4 is 0 Å². The smallest absolute Gasteiger partial charge is 0.377 e. The summed E-state index contributed by atoms with van der Waals surface area (Å²) in [6.45, 7) is 0. The summed E-state index contributed by atoms with van der Waals surface area (Å²) in [5, 5.41) is 18.6. The molecule has 0 amide bonds. The Morgan fingerprint density at radius 3 is 2.60 bits per heavy atom. The Bertz CT molecular complexity index is 556. The van der Waals surface area contributed by atoms with Crippen molar-refractivity contribution in [3.63, 3.8) is 0 Å². The van der Waals surface area contributed by atoms with E-state index < -0.39 is 11.8 Å². The van der Waals surface area contributed by atoms with Crippen molar-refractivity contribution in [3.05, 3.63) is 30.0 Å². The van der Waals surface area contributed by atoms with Crippen molar-refractivity contribution >= 4 is 22.7 Å². The van der Waals surface area contributed by atoms with Gasteiger partial charge in [0.2, 0.25) is 0 Å². The summed E-state index contributed by atoms with van der Waals surface area (Å²) in [5.41, 5.74) is 0.448. The molecule has 0 aliphatic rings. The summed E-state index contributed by atoms with van der Waals surface area (Å²) in [6.07, 6.45) is 1.60. The lowest BCUT2D eigenvalue weighted by Gasteiger charge is -2.01. The van der Waals surface area contributed by atoms with Gasteiger partial charge in [-0.1, -0.05) is 0 Å². The molecule has 0 atom stereocenters. The Labute approximate surface area is 84.0 Å². The molecular weight excluding hydrogens is 198 g/mol. The maximum Gasteiger partial charge on any atom is 0.377 e. The highest BCUT2D eigenvalue weighted by Gasteiger charge is 2.19. The molecule has 0 aliphatic heterocycles. The molecule has 0 aliphatic carbocycles. The maximum absolute atomic E-state index is 11.2. The molecule has 76 valence electrons. The molecule has 15 heavy (non-hydrogen) atoms. The normalized spacial score (nSPS) is 10.4. The summed E-state index contributed by atoms with van der Waals surface area (Å²) in [4.78, 5) is 24.5. The number of rotatable bonds is 2. The molecule has 5 heteroatoms. The first-order chi connectivity index (χ1) is 7.11. The number of fused-ring (bicyclic) bond motifs is 1. The number of hydrogen-bond acceptors (Lipinski definition) is 3. The zero-order chi connectivity index (χ0) is 11.0. The van der Waals surface area contributed by atoms with Gasteiger partial charge < -0.3 is 15.2 Å². The van der Waals surface area contributed by atoms with Gasteiger partial charge in [-0.25, -0.2) is 4.79 Å². The van der Waals surface area contributed by atoms with Gasteiger partial charge in [0.25, 0.3) is 5.78 Å². The number of phenolic OH excluding ortho intramolecular Hbond substituents is 1. The van der Waals surface area contributed by atoms with E-state index in [4.69, 9.17) is 5.11 Å². The number of Topliss-reactive ketones (excluding diaryl/α,β-unsaturated/α-hetero) is 1. The van der Waals surface area contributed by atoms with E-state index in [0.717, 1.165) is 0 Å². The highest BCUT2D eigenvalue weighted by molar-refractivity contribution is 6.41. The van der Waals surface area contributed by atoms with Gasteiger partial charge in [-0.15, -0.1) is 0 Å². The van der Waals surface area contributed by atoms with Crippen LogP contribution in [0.5, 0.6) is 5.75 Å². The zero-order valence-electron chi connectivity index (χ0n) is 7.52. The summed E-state index contributed by atoms with van der Waals surface area (Å²) in [5.74, 6) is -3.00. The highest BCUT2D eigenvalue weighted by Crippen LogP contribution is 2.28. The van der Waals surface area contributed by atoms with E-state index in [1.54, 1.807) is 18.3 Å². The maximum atomic E-state index is 11.2. The van der Waals surface area contributed by atoms with Crippen molar-refractivity contribution in [2.45, 2.75) is 0 Å². The molecule has 5 nitrogen and oxygen atoms in total. The van der Waals surface area contributed by atoms with Crippen LogP contribution in [0.15, 0.2) is 24.4 Å². The van der Waals surface area contributed by atoms with E-state index in [2.05, 4.69) is 4.98 Å². The van der Waals surface area contributed by atoms with Crippen molar-refractivity contribution < 1.29 is 19.8 Å². The predicted molar refractivity (Wildman–Crippen MR) is 51.9 cm³/mol. The fourth-order valence-electron chi connectivity index (χ4n) is 1.42. The van der Waals surface area contributed by atoms with Gasteiger partial charge >= 0.3 is 5.97 Å². The number of aromatic amines is 1. The lowest BCUT2D eigenvalue weighted by molar-refractivity contribution is -0.131. The second-order valence-corrected chi connectivity index (χ2v) is 3.03. The van der Waals surface area contributed by atoms with E-state index in [1.807, 2.05) is 0 Å². The Balaban J connectivity index is 2.67. The molecule has 1 aromatic heterocycles. The topological polar surface area (TPSA) is 90.4 Å². The number of aliphatic carboxylic acids is 1. The minimum absolute atomic E-state index is 0.199. The number of phenols is 1. The molecule has 2 aromatic rings. The number of hydrogen-bond donors (Lipinski definition) is 3. The van der Waals surface area contributed by atoms with Crippen molar-refractivity contribution in [1.29, 1.82) is 0 Å². The first-order valence-corrected chi connectivity index (χ1v) is 4.18. The number of benzene rings is 1. The Hall–Kier alpha value is -2.30. The van der Waals surface area contributed by atoms with E-state index in [0.29, 0.717) is 10.9 Å². The fourth-order valence-corrected chi connectivity index (χ4v) is 1.42. The molecule has 0 bridgehead atoms. The van der Waals surface area contributed by atoms with Gasteiger partial charge in [-0.05, 0) is 18.2 Å². The van der Waals surface area contributed by atoms with Gasteiger partial charge in [0.15, 0.2) is 0 Å². The number of H-pyrrole nitrogens is 1. The third-order valence-corrected chi connectivity index (χ3v) is 2.14. The molecule has 1 heterocycles. The third kappa shape index (κ3) is 1.34. The minimum atomic E-state index is -1.58. The zero-order valence-corrected chi connectivity index (χ0v) is 7.52. The molecule has 0 radical (unpaired) electrons. The molecule has 0 saturated carbocycles. The summed E-state index contributed by atoms with van der Waals surface area (Å²) in [6, 6.07) is 4.40. The quantitative estimate of drug-likeness (QED) is 0.506. The van der Waals surface area contributed by atoms with Crippen LogP contribution >= 0.6 is 0 Å². The van der Waals surface area contributed by atoms with Crippen LogP contribution in [0.4, 0.5) is 0 Å². The lowest BCUT2D eigenvalue weighted by atomic mass is 10.1. The number of aromatic nitrogens is 1. The highest BCUT2D eigenvalue weighted by atomic mass is 16.4.